The summed E-state index contributed by atoms with van der Waals surface area (Å²) in [5, 5.41) is 14.2. The normalized spacial score (nSPS) is 19.1. The molecule has 0 spiro atoms. The summed E-state index contributed by atoms with van der Waals surface area (Å²) < 4.78 is 0. The van der Waals surface area contributed by atoms with Gasteiger partial charge in [0.05, 0.1) is 6.10 Å². The van der Waals surface area contributed by atoms with Crippen LogP contribution in [0.1, 0.15) is 31.4 Å². The van der Waals surface area contributed by atoms with Crippen molar-refractivity contribution in [1.82, 2.24) is 10.2 Å². The summed E-state index contributed by atoms with van der Waals surface area (Å²) in [5.74, 6) is 0.746. The van der Waals surface area contributed by atoms with Crippen molar-refractivity contribution in [2.75, 3.05) is 32.7 Å². The topological polar surface area (TPSA) is 35.5 Å². The summed E-state index contributed by atoms with van der Waals surface area (Å²) >= 11 is 5.84. The highest BCUT2D eigenvalue weighted by atomic mass is 35.5. The Labute approximate surface area is 126 Å². The zero-order valence-electron chi connectivity index (χ0n) is 12.2. The van der Waals surface area contributed by atoms with Gasteiger partial charge in [-0.2, -0.15) is 0 Å². The maximum atomic E-state index is 10.1. The molecule has 0 radical (unpaired) electrons. The minimum absolute atomic E-state index is 0.456. The molecule has 3 nitrogen and oxygen atoms in total. The molecule has 1 saturated heterocycles. The number of likely N-dealkylation sites (tertiary alicyclic amines) is 1. The first-order valence-electron chi connectivity index (χ1n) is 7.55. The van der Waals surface area contributed by atoms with E-state index in [0.717, 1.165) is 24.6 Å². The zero-order chi connectivity index (χ0) is 14.4. The second-order valence-corrected chi connectivity index (χ2v) is 6.04. The monoisotopic (exact) mass is 296 g/mol. The van der Waals surface area contributed by atoms with Gasteiger partial charge >= 0.3 is 0 Å². The zero-order valence-corrected chi connectivity index (χ0v) is 12.9. The Morgan fingerprint density at radius 1 is 1.30 bits per heavy atom. The number of hydrogen-bond acceptors (Lipinski definition) is 3. The van der Waals surface area contributed by atoms with Gasteiger partial charge in [0.1, 0.15) is 0 Å². The third-order valence-corrected chi connectivity index (χ3v) is 4.43. The molecule has 2 rings (SSSR count). The molecule has 0 aromatic heterocycles. The number of hydrogen-bond donors (Lipinski definition) is 2. The second kappa shape index (κ2) is 7.99. The van der Waals surface area contributed by atoms with Gasteiger partial charge in [-0.25, -0.2) is 0 Å². The maximum absolute atomic E-state index is 10.1. The van der Waals surface area contributed by atoms with Crippen molar-refractivity contribution >= 4 is 11.6 Å². The predicted molar refractivity (Wildman–Crippen MR) is 84.1 cm³/mol. The molecule has 112 valence electrons. The molecule has 1 unspecified atom stereocenters. The summed E-state index contributed by atoms with van der Waals surface area (Å²) in [7, 11) is 0. The Kier molecular flexibility index (Phi) is 6.30. The van der Waals surface area contributed by atoms with E-state index in [4.69, 9.17) is 11.6 Å². The van der Waals surface area contributed by atoms with Crippen molar-refractivity contribution in [3.8, 4) is 0 Å². The van der Waals surface area contributed by atoms with Gasteiger partial charge in [0.15, 0.2) is 0 Å². The van der Waals surface area contributed by atoms with Crippen molar-refractivity contribution in [2.45, 2.75) is 25.9 Å². The van der Waals surface area contributed by atoms with E-state index < -0.39 is 6.10 Å². The molecule has 1 aliphatic heterocycles. The number of aliphatic hydroxyl groups excluding tert-OH is 1. The number of halogens is 1. The Bertz CT molecular complexity index is 388. The largest absolute Gasteiger partial charge is 0.387 e. The van der Waals surface area contributed by atoms with Gasteiger partial charge in [0, 0.05) is 11.6 Å². The van der Waals surface area contributed by atoms with Crippen LogP contribution in [-0.2, 0) is 0 Å². The Hall–Kier alpha value is -0.610. The second-order valence-electron chi connectivity index (χ2n) is 5.60. The van der Waals surface area contributed by atoms with Crippen LogP contribution in [0.15, 0.2) is 24.3 Å². The fraction of sp³-hybridized carbons (Fsp3) is 0.625. The average molecular weight is 297 g/mol. The van der Waals surface area contributed by atoms with E-state index in [0.29, 0.717) is 11.6 Å². The van der Waals surface area contributed by atoms with Crippen LogP contribution < -0.4 is 5.32 Å². The molecule has 0 amide bonds. The minimum atomic E-state index is -0.456. The quantitative estimate of drug-likeness (QED) is 0.847. The maximum Gasteiger partial charge on any atom is 0.0914 e. The van der Waals surface area contributed by atoms with Crippen LogP contribution in [0.4, 0.5) is 0 Å². The van der Waals surface area contributed by atoms with Gasteiger partial charge in [-0.15, -0.1) is 0 Å². The van der Waals surface area contributed by atoms with E-state index in [1.807, 2.05) is 24.3 Å². The number of benzene rings is 1. The Balaban J connectivity index is 1.67. The standard InChI is InChI=1S/C16H25ClN2O/c1-2-19-9-7-13(8-10-19)11-18-12-16(20)14-3-5-15(17)6-4-14/h3-6,13,16,18,20H,2,7-12H2,1H3. The first kappa shape index (κ1) is 15.8. The summed E-state index contributed by atoms with van der Waals surface area (Å²) in [5.41, 5.74) is 0.919. The molecule has 4 heteroatoms. The highest BCUT2D eigenvalue weighted by Gasteiger charge is 2.18. The molecular weight excluding hydrogens is 272 g/mol. The minimum Gasteiger partial charge on any atom is -0.387 e. The van der Waals surface area contributed by atoms with Crippen molar-refractivity contribution in [2.24, 2.45) is 5.92 Å². The van der Waals surface area contributed by atoms with Gasteiger partial charge in [0.25, 0.3) is 0 Å². The van der Waals surface area contributed by atoms with E-state index in [1.54, 1.807) is 0 Å². The summed E-state index contributed by atoms with van der Waals surface area (Å²) in [6.07, 6.45) is 2.07. The lowest BCUT2D eigenvalue weighted by Crippen LogP contribution is -2.37. The molecule has 0 bridgehead atoms. The summed E-state index contributed by atoms with van der Waals surface area (Å²) in [6, 6.07) is 7.41. The van der Waals surface area contributed by atoms with Crippen LogP contribution in [0.5, 0.6) is 0 Å². The lowest BCUT2D eigenvalue weighted by molar-refractivity contribution is 0.161. The first-order chi connectivity index (χ1) is 9.69. The smallest absolute Gasteiger partial charge is 0.0914 e. The molecule has 0 saturated carbocycles. The molecule has 1 heterocycles. The SMILES string of the molecule is CCN1CCC(CNCC(O)c2ccc(Cl)cc2)CC1. The van der Waals surface area contributed by atoms with E-state index in [-0.39, 0.29) is 0 Å². The highest BCUT2D eigenvalue weighted by Crippen LogP contribution is 2.18. The number of nitrogens with zero attached hydrogens (tertiary/aromatic N) is 1. The third-order valence-electron chi connectivity index (χ3n) is 4.18. The number of rotatable bonds is 6. The lowest BCUT2D eigenvalue weighted by atomic mass is 9.96. The van der Waals surface area contributed by atoms with E-state index >= 15 is 0 Å². The molecule has 1 fully saturated rings. The van der Waals surface area contributed by atoms with Gasteiger partial charge in [-0.1, -0.05) is 30.7 Å². The van der Waals surface area contributed by atoms with E-state index in [9.17, 15) is 5.11 Å². The third kappa shape index (κ3) is 4.74. The van der Waals surface area contributed by atoms with E-state index in [2.05, 4.69) is 17.1 Å². The van der Waals surface area contributed by atoms with Crippen LogP contribution in [0, 0.1) is 5.92 Å². The van der Waals surface area contributed by atoms with E-state index in [1.165, 1.54) is 25.9 Å². The molecule has 2 N–H and O–H groups in total. The molecule has 1 aliphatic rings. The van der Waals surface area contributed by atoms with Gasteiger partial charge in [-0.05, 0) is 62.6 Å². The first-order valence-corrected chi connectivity index (χ1v) is 7.93. The van der Waals surface area contributed by atoms with Crippen molar-refractivity contribution in [3.63, 3.8) is 0 Å². The van der Waals surface area contributed by atoms with Gasteiger partial charge in [0.2, 0.25) is 0 Å². The van der Waals surface area contributed by atoms with Gasteiger partial charge < -0.3 is 15.3 Å². The van der Waals surface area contributed by atoms with Crippen LogP contribution >= 0.6 is 11.6 Å². The van der Waals surface area contributed by atoms with Crippen molar-refractivity contribution < 1.29 is 5.11 Å². The fourth-order valence-corrected chi connectivity index (χ4v) is 2.86. The highest BCUT2D eigenvalue weighted by molar-refractivity contribution is 6.30. The molecule has 20 heavy (non-hydrogen) atoms. The molecule has 1 atom stereocenters. The van der Waals surface area contributed by atoms with Crippen molar-refractivity contribution in [3.05, 3.63) is 34.9 Å². The van der Waals surface area contributed by atoms with Crippen LogP contribution in [0.25, 0.3) is 0 Å². The summed E-state index contributed by atoms with van der Waals surface area (Å²) in [4.78, 5) is 2.50. The van der Waals surface area contributed by atoms with Gasteiger partial charge in [-0.3, -0.25) is 0 Å². The van der Waals surface area contributed by atoms with Crippen LogP contribution in [0.2, 0.25) is 5.02 Å². The molecule has 0 aliphatic carbocycles. The van der Waals surface area contributed by atoms with Crippen molar-refractivity contribution in [1.29, 1.82) is 0 Å². The number of nitrogens with one attached hydrogen (secondary N) is 1. The Morgan fingerprint density at radius 3 is 2.55 bits per heavy atom. The van der Waals surface area contributed by atoms with Crippen LogP contribution in [0.3, 0.4) is 0 Å². The average Bonchev–Trinajstić information content (AvgIpc) is 2.48. The fourth-order valence-electron chi connectivity index (χ4n) is 2.73. The number of piperidine rings is 1. The summed E-state index contributed by atoms with van der Waals surface area (Å²) in [6.45, 7) is 7.42. The molecular formula is C16H25ClN2O. The molecule has 1 aromatic rings. The molecule has 1 aromatic carbocycles. The number of aliphatic hydroxyl groups is 1. The lowest BCUT2D eigenvalue weighted by Gasteiger charge is -2.31. The van der Waals surface area contributed by atoms with Crippen LogP contribution in [-0.4, -0.2) is 42.7 Å². The Morgan fingerprint density at radius 2 is 1.95 bits per heavy atom. The predicted octanol–water partition coefficient (Wildman–Crippen LogP) is 2.69.